The van der Waals surface area contributed by atoms with Crippen LogP contribution in [0.2, 0.25) is 0 Å². The van der Waals surface area contributed by atoms with Gasteiger partial charge in [0.2, 0.25) is 17.6 Å². The number of piperidine rings is 1. The lowest BCUT2D eigenvalue weighted by atomic mass is 9.89. The van der Waals surface area contributed by atoms with Gasteiger partial charge in [-0.25, -0.2) is 4.98 Å². The molecule has 1 aromatic rings. The van der Waals surface area contributed by atoms with Crippen LogP contribution in [0.15, 0.2) is 4.42 Å². The highest BCUT2D eigenvalue weighted by molar-refractivity contribution is 5.92. The summed E-state index contributed by atoms with van der Waals surface area (Å²) in [6.45, 7) is 2.52. The van der Waals surface area contributed by atoms with Gasteiger partial charge in [0.1, 0.15) is 5.60 Å². The second-order valence-electron chi connectivity index (χ2n) is 8.35. The number of aryl methyl sites for hydroxylation is 1. The van der Waals surface area contributed by atoms with E-state index >= 15 is 0 Å². The number of oxazole rings is 1. The Kier molecular flexibility index (Phi) is 4.65. The van der Waals surface area contributed by atoms with Gasteiger partial charge < -0.3 is 24.6 Å². The summed E-state index contributed by atoms with van der Waals surface area (Å²) in [5.41, 5.74) is -0.595. The fourth-order valence-corrected chi connectivity index (χ4v) is 3.86. The molecule has 28 heavy (non-hydrogen) atoms. The quantitative estimate of drug-likeness (QED) is 0.733. The first-order chi connectivity index (χ1) is 13.3. The van der Waals surface area contributed by atoms with E-state index in [2.05, 4.69) is 10.3 Å². The number of β-amino-alcohol motifs (C(OH)–C–C–N with tert-alkyl or cyclic N) is 1. The van der Waals surface area contributed by atoms with Gasteiger partial charge in [-0.3, -0.25) is 14.4 Å². The number of hydrogen-bond donors (Lipinski definition) is 2. The highest BCUT2D eigenvalue weighted by Gasteiger charge is 2.46. The molecule has 1 atom stereocenters. The first-order valence-corrected chi connectivity index (χ1v) is 9.76. The maximum Gasteiger partial charge on any atom is 0.289 e. The molecule has 2 aliphatic heterocycles. The molecular formula is C19H26N4O5. The molecule has 2 N–H and O–H groups in total. The number of hydrogen-bond acceptors (Lipinski definition) is 6. The van der Waals surface area contributed by atoms with E-state index in [-0.39, 0.29) is 43.1 Å². The Labute approximate surface area is 163 Å². The molecule has 0 radical (unpaired) electrons. The third-order valence-corrected chi connectivity index (χ3v) is 5.78. The van der Waals surface area contributed by atoms with Crippen LogP contribution < -0.4 is 5.32 Å². The maximum atomic E-state index is 12.6. The lowest BCUT2D eigenvalue weighted by Gasteiger charge is -2.48. The number of likely N-dealkylation sites (tertiary alicyclic amines) is 2. The van der Waals surface area contributed by atoms with Crippen LogP contribution in [0.25, 0.3) is 0 Å². The van der Waals surface area contributed by atoms with E-state index in [9.17, 15) is 19.5 Å². The van der Waals surface area contributed by atoms with Crippen LogP contribution in [0, 0.1) is 12.8 Å². The molecular weight excluding hydrogens is 364 g/mol. The Balaban J connectivity index is 1.27. The molecule has 9 heteroatoms. The Morgan fingerprint density at radius 3 is 2.68 bits per heavy atom. The largest absolute Gasteiger partial charge is 0.435 e. The van der Waals surface area contributed by atoms with Crippen molar-refractivity contribution in [2.75, 3.05) is 33.2 Å². The van der Waals surface area contributed by atoms with E-state index < -0.39 is 11.5 Å². The summed E-state index contributed by atoms with van der Waals surface area (Å²) in [4.78, 5) is 44.0. The molecule has 1 aliphatic carbocycles. The van der Waals surface area contributed by atoms with Crippen molar-refractivity contribution in [1.29, 1.82) is 0 Å². The number of rotatable bonds is 5. The summed E-state index contributed by atoms with van der Waals surface area (Å²) >= 11 is 0. The lowest BCUT2D eigenvalue weighted by molar-refractivity contribution is -0.161. The van der Waals surface area contributed by atoms with E-state index in [0.717, 1.165) is 12.8 Å². The first kappa shape index (κ1) is 18.9. The van der Waals surface area contributed by atoms with Crippen molar-refractivity contribution < 1.29 is 23.9 Å². The number of amides is 3. The molecule has 3 amide bonds. The minimum Gasteiger partial charge on any atom is -0.435 e. The minimum absolute atomic E-state index is 0.0393. The predicted molar refractivity (Wildman–Crippen MR) is 97.4 cm³/mol. The van der Waals surface area contributed by atoms with Gasteiger partial charge in [-0.05, 0) is 26.2 Å². The molecule has 1 saturated carbocycles. The van der Waals surface area contributed by atoms with Gasteiger partial charge in [0, 0.05) is 25.9 Å². The third-order valence-electron chi connectivity index (χ3n) is 5.78. The van der Waals surface area contributed by atoms with Gasteiger partial charge in [0.25, 0.3) is 5.91 Å². The van der Waals surface area contributed by atoms with Crippen LogP contribution in [0.4, 0.5) is 0 Å². The first-order valence-electron chi connectivity index (χ1n) is 9.76. The summed E-state index contributed by atoms with van der Waals surface area (Å²) in [7, 11) is 1.70. The molecule has 0 spiro atoms. The summed E-state index contributed by atoms with van der Waals surface area (Å²) in [6.07, 6.45) is 2.99. The minimum atomic E-state index is -1.14. The molecule has 3 aliphatic rings. The van der Waals surface area contributed by atoms with Gasteiger partial charge in [-0.2, -0.15) is 0 Å². The number of nitrogens with one attached hydrogen (secondary N) is 1. The van der Waals surface area contributed by atoms with Crippen LogP contribution in [-0.4, -0.2) is 76.4 Å². The SMILES string of the molecule is Cc1nc(C2CC2)oc1C(=O)NCC1(O)CN(C(=O)C2CCC(=O)N(C)C2)C1. The zero-order valence-corrected chi connectivity index (χ0v) is 16.2. The fourth-order valence-electron chi connectivity index (χ4n) is 3.86. The predicted octanol–water partition coefficient (Wildman–Crippen LogP) is 0.0319. The van der Waals surface area contributed by atoms with Crippen LogP contribution in [0.1, 0.15) is 53.7 Å². The highest BCUT2D eigenvalue weighted by atomic mass is 16.4. The van der Waals surface area contributed by atoms with Crippen molar-refractivity contribution in [1.82, 2.24) is 20.1 Å². The molecule has 1 unspecified atom stereocenters. The highest BCUT2D eigenvalue weighted by Crippen LogP contribution is 2.40. The summed E-state index contributed by atoms with van der Waals surface area (Å²) < 4.78 is 5.57. The van der Waals surface area contributed by atoms with Crippen molar-refractivity contribution >= 4 is 17.7 Å². The molecule has 3 heterocycles. The molecule has 4 rings (SSSR count). The smallest absolute Gasteiger partial charge is 0.289 e. The average Bonchev–Trinajstić information content (AvgIpc) is 3.41. The number of aromatic nitrogens is 1. The molecule has 1 aromatic heterocycles. The summed E-state index contributed by atoms with van der Waals surface area (Å²) in [5.74, 6) is 0.507. The standard InChI is InChI=1S/C19H26N4O5/c1-11-15(28-17(21-11)12-3-4-12)16(25)20-8-19(27)9-23(10-19)18(26)13-5-6-14(24)22(2)7-13/h12-13,27H,3-10H2,1-2H3,(H,20,25). The van der Waals surface area contributed by atoms with E-state index in [1.54, 1.807) is 23.8 Å². The molecule has 2 saturated heterocycles. The van der Waals surface area contributed by atoms with Crippen molar-refractivity contribution in [3.05, 3.63) is 17.3 Å². The topological polar surface area (TPSA) is 116 Å². The van der Waals surface area contributed by atoms with Crippen LogP contribution in [0.5, 0.6) is 0 Å². The van der Waals surface area contributed by atoms with Gasteiger partial charge in [0.05, 0.1) is 31.2 Å². The van der Waals surface area contributed by atoms with Crippen LogP contribution in [-0.2, 0) is 9.59 Å². The molecule has 0 aromatic carbocycles. The Bertz CT molecular complexity index is 809. The Morgan fingerprint density at radius 1 is 1.32 bits per heavy atom. The lowest BCUT2D eigenvalue weighted by Crippen LogP contribution is -2.68. The fraction of sp³-hybridized carbons (Fsp3) is 0.684. The van der Waals surface area contributed by atoms with Crippen molar-refractivity contribution in [2.24, 2.45) is 5.92 Å². The van der Waals surface area contributed by atoms with Crippen molar-refractivity contribution in [3.8, 4) is 0 Å². The zero-order valence-electron chi connectivity index (χ0n) is 16.2. The van der Waals surface area contributed by atoms with Crippen molar-refractivity contribution in [2.45, 2.75) is 44.1 Å². The van der Waals surface area contributed by atoms with Gasteiger partial charge in [0.15, 0.2) is 5.89 Å². The van der Waals surface area contributed by atoms with E-state index in [4.69, 9.17) is 4.42 Å². The van der Waals surface area contributed by atoms with E-state index in [0.29, 0.717) is 36.9 Å². The van der Waals surface area contributed by atoms with E-state index in [1.807, 2.05) is 0 Å². The monoisotopic (exact) mass is 390 g/mol. The normalized spacial score (nSPS) is 24.1. The number of aliphatic hydroxyl groups is 1. The van der Waals surface area contributed by atoms with Gasteiger partial charge in [-0.1, -0.05) is 0 Å². The Morgan fingerprint density at radius 2 is 2.04 bits per heavy atom. The van der Waals surface area contributed by atoms with Crippen LogP contribution >= 0.6 is 0 Å². The average molecular weight is 390 g/mol. The summed E-state index contributed by atoms with van der Waals surface area (Å²) in [5, 5.41) is 13.3. The van der Waals surface area contributed by atoms with Gasteiger partial charge in [-0.15, -0.1) is 0 Å². The summed E-state index contributed by atoms with van der Waals surface area (Å²) in [6, 6.07) is 0. The maximum absolute atomic E-state index is 12.6. The number of carbonyl (C=O) groups is 3. The third kappa shape index (κ3) is 3.63. The van der Waals surface area contributed by atoms with Gasteiger partial charge >= 0.3 is 0 Å². The van der Waals surface area contributed by atoms with Crippen LogP contribution in [0.3, 0.4) is 0 Å². The molecule has 152 valence electrons. The number of nitrogens with zero attached hydrogens (tertiary/aromatic N) is 3. The molecule has 0 bridgehead atoms. The molecule has 3 fully saturated rings. The second kappa shape index (κ2) is 6.88. The zero-order chi connectivity index (χ0) is 20.1. The van der Waals surface area contributed by atoms with Crippen molar-refractivity contribution in [3.63, 3.8) is 0 Å². The second-order valence-corrected chi connectivity index (χ2v) is 8.35. The number of carbonyl (C=O) groups excluding carboxylic acids is 3. The molecule has 9 nitrogen and oxygen atoms in total. The Hall–Kier alpha value is -2.42. The van der Waals surface area contributed by atoms with E-state index in [1.165, 1.54) is 0 Å².